The number of benzene rings is 1. The summed E-state index contributed by atoms with van der Waals surface area (Å²) >= 11 is 0. The van der Waals surface area contributed by atoms with Crippen LogP contribution in [0.3, 0.4) is 0 Å². The van der Waals surface area contributed by atoms with Gasteiger partial charge in [0.2, 0.25) is 0 Å². The van der Waals surface area contributed by atoms with Gasteiger partial charge in [-0.25, -0.2) is 0 Å². The Morgan fingerprint density at radius 1 is 1.20 bits per heavy atom. The SMILES string of the molecule is C/C(=C/CC(C)O[Si](C)(C)C(C)(C)C)c1ccccc1. The second kappa shape index (κ2) is 6.73. The molecule has 2 heteroatoms. The van der Waals surface area contributed by atoms with E-state index in [0.717, 1.165) is 6.42 Å². The van der Waals surface area contributed by atoms with E-state index in [4.69, 9.17) is 4.43 Å². The molecule has 0 aliphatic rings. The Bertz CT molecular complexity index is 440. The summed E-state index contributed by atoms with van der Waals surface area (Å²) in [7, 11) is -1.65. The van der Waals surface area contributed by atoms with E-state index in [2.05, 4.69) is 84.1 Å². The zero-order valence-corrected chi connectivity index (χ0v) is 15.2. The van der Waals surface area contributed by atoms with Crippen molar-refractivity contribution >= 4 is 13.9 Å². The fourth-order valence-corrected chi connectivity index (χ4v) is 3.35. The Morgan fingerprint density at radius 3 is 2.25 bits per heavy atom. The van der Waals surface area contributed by atoms with Crippen LogP contribution in [0.1, 0.15) is 46.6 Å². The molecule has 1 atom stereocenters. The lowest BCUT2D eigenvalue weighted by atomic mass is 10.1. The van der Waals surface area contributed by atoms with Crippen LogP contribution < -0.4 is 0 Å². The number of allylic oxidation sites excluding steroid dienone is 1. The minimum Gasteiger partial charge on any atom is -0.414 e. The van der Waals surface area contributed by atoms with Crippen LogP contribution in [0.25, 0.3) is 5.57 Å². The van der Waals surface area contributed by atoms with Crippen LogP contribution in [0.15, 0.2) is 36.4 Å². The van der Waals surface area contributed by atoms with E-state index in [-0.39, 0.29) is 11.1 Å². The topological polar surface area (TPSA) is 9.23 Å². The molecule has 0 saturated carbocycles. The molecular weight excluding hydrogens is 260 g/mol. The molecule has 0 heterocycles. The monoisotopic (exact) mass is 290 g/mol. The van der Waals surface area contributed by atoms with Gasteiger partial charge in [0.25, 0.3) is 0 Å². The van der Waals surface area contributed by atoms with E-state index in [1.807, 2.05) is 0 Å². The molecule has 0 N–H and O–H groups in total. The molecule has 1 aromatic carbocycles. The number of hydrogen-bond donors (Lipinski definition) is 0. The number of rotatable bonds is 5. The van der Waals surface area contributed by atoms with Gasteiger partial charge in [0.1, 0.15) is 0 Å². The first kappa shape index (κ1) is 17.2. The standard InChI is InChI=1S/C18H30OSi/c1-15(17-11-9-8-10-12-17)13-14-16(2)19-20(6,7)18(3,4)5/h8-13,16H,14H2,1-7H3/b15-13-. The van der Waals surface area contributed by atoms with Gasteiger partial charge >= 0.3 is 0 Å². The van der Waals surface area contributed by atoms with E-state index in [1.54, 1.807) is 0 Å². The third kappa shape index (κ3) is 4.91. The van der Waals surface area contributed by atoms with Crippen LogP contribution in [0.5, 0.6) is 0 Å². The quantitative estimate of drug-likeness (QED) is 0.614. The molecule has 1 aromatic rings. The first-order chi connectivity index (χ1) is 9.13. The van der Waals surface area contributed by atoms with E-state index >= 15 is 0 Å². The van der Waals surface area contributed by atoms with Crippen molar-refractivity contribution in [3.05, 3.63) is 42.0 Å². The van der Waals surface area contributed by atoms with Crippen molar-refractivity contribution < 1.29 is 4.43 Å². The van der Waals surface area contributed by atoms with Crippen LogP contribution in [-0.4, -0.2) is 14.4 Å². The van der Waals surface area contributed by atoms with E-state index < -0.39 is 8.32 Å². The van der Waals surface area contributed by atoms with Crippen molar-refractivity contribution in [1.82, 2.24) is 0 Å². The van der Waals surface area contributed by atoms with Crippen LogP contribution in [0, 0.1) is 0 Å². The summed E-state index contributed by atoms with van der Waals surface area (Å²) in [6, 6.07) is 10.5. The van der Waals surface area contributed by atoms with Gasteiger partial charge in [-0.15, -0.1) is 0 Å². The summed E-state index contributed by atoms with van der Waals surface area (Å²) < 4.78 is 6.38. The molecule has 112 valence electrons. The molecule has 1 nitrogen and oxygen atoms in total. The van der Waals surface area contributed by atoms with Gasteiger partial charge in [-0.1, -0.05) is 57.2 Å². The minimum absolute atomic E-state index is 0.277. The van der Waals surface area contributed by atoms with Gasteiger partial charge in [0.15, 0.2) is 8.32 Å². The van der Waals surface area contributed by atoms with Crippen molar-refractivity contribution in [3.63, 3.8) is 0 Å². The van der Waals surface area contributed by atoms with Crippen molar-refractivity contribution in [3.8, 4) is 0 Å². The molecule has 0 radical (unpaired) electrons. The molecule has 1 rings (SSSR count). The molecule has 0 amide bonds. The van der Waals surface area contributed by atoms with Crippen molar-refractivity contribution in [2.24, 2.45) is 0 Å². The summed E-state index contributed by atoms with van der Waals surface area (Å²) in [5.74, 6) is 0. The summed E-state index contributed by atoms with van der Waals surface area (Å²) in [4.78, 5) is 0. The smallest absolute Gasteiger partial charge is 0.192 e. The fourth-order valence-electron chi connectivity index (χ4n) is 1.89. The highest BCUT2D eigenvalue weighted by molar-refractivity contribution is 6.74. The van der Waals surface area contributed by atoms with E-state index in [1.165, 1.54) is 11.1 Å². The van der Waals surface area contributed by atoms with Gasteiger partial charge < -0.3 is 4.43 Å². The second-order valence-corrected chi connectivity index (χ2v) is 11.9. The first-order valence-electron chi connectivity index (χ1n) is 7.53. The summed E-state index contributed by atoms with van der Waals surface area (Å²) in [6.07, 6.45) is 3.56. The highest BCUT2D eigenvalue weighted by Gasteiger charge is 2.38. The summed E-state index contributed by atoms with van der Waals surface area (Å²) in [6.45, 7) is 15.9. The first-order valence-corrected chi connectivity index (χ1v) is 10.4. The zero-order valence-electron chi connectivity index (χ0n) is 14.2. The van der Waals surface area contributed by atoms with Gasteiger partial charge in [-0.3, -0.25) is 0 Å². The molecular formula is C18H30OSi. The van der Waals surface area contributed by atoms with Gasteiger partial charge in [-0.2, -0.15) is 0 Å². The molecule has 0 aliphatic heterocycles. The Labute approximate surface area is 126 Å². The van der Waals surface area contributed by atoms with Crippen LogP contribution in [0.4, 0.5) is 0 Å². The maximum absolute atomic E-state index is 6.38. The highest BCUT2D eigenvalue weighted by atomic mass is 28.4. The Morgan fingerprint density at radius 2 is 1.75 bits per heavy atom. The predicted molar refractivity (Wildman–Crippen MR) is 92.5 cm³/mol. The van der Waals surface area contributed by atoms with Crippen LogP contribution in [-0.2, 0) is 4.43 Å². The zero-order chi connectivity index (χ0) is 15.4. The third-order valence-corrected chi connectivity index (χ3v) is 8.89. The molecule has 0 spiro atoms. The highest BCUT2D eigenvalue weighted by Crippen LogP contribution is 2.37. The predicted octanol–water partition coefficient (Wildman–Crippen LogP) is 5.89. The maximum atomic E-state index is 6.38. The van der Waals surface area contributed by atoms with Gasteiger partial charge in [0, 0.05) is 6.10 Å². The fraction of sp³-hybridized carbons (Fsp3) is 0.556. The second-order valence-electron chi connectivity index (χ2n) is 7.18. The number of hydrogen-bond acceptors (Lipinski definition) is 1. The van der Waals surface area contributed by atoms with Crippen molar-refractivity contribution in [1.29, 1.82) is 0 Å². The van der Waals surface area contributed by atoms with Crippen LogP contribution in [0.2, 0.25) is 18.1 Å². The average molecular weight is 291 g/mol. The normalized spacial score (nSPS) is 15.2. The molecule has 0 bridgehead atoms. The average Bonchev–Trinajstić information content (AvgIpc) is 2.35. The Kier molecular flexibility index (Phi) is 5.78. The van der Waals surface area contributed by atoms with E-state index in [0.29, 0.717) is 0 Å². The van der Waals surface area contributed by atoms with Gasteiger partial charge in [-0.05, 0) is 49.5 Å². The van der Waals surface area contributed by atoms with Gasteiger partial charge in [0.05, 0.1) is 0 Å². The molecule has 1 unspecified atom stereocenters. The third-order valence-electron chi connectivity index (χ3n) is 4.29. The molecule has 0 saturated heterocycles. The molecule has 20 heavy (non-hydrogen) atoms. The lowest BCUT2D eigenvalue weighted by Crippen LogP contribution is -2.43. The minimum atomic E-state index is -1.65. The maximum Gasteiger partial charge on any atom is 0.192 e. The van der Waals surface area contributed by atoms with E-state index in [9.17, 15) is 0 Å². The Balaban J connectivity index is 2.62. The summed E-state index contributed by atoms with van der Waals surface area (Å²) in [5.41, 5.74) is 2.63. The molecule has 0 aromatic heterocycles. The lowest BCUT2D eigenvalue weighted by molar-refractivity contribution is 0.202. The molecule has 0 aliphatic carbocycles. The largest absolute Gasteiger partial charge is 0.414 e. The lowest BCUT2D eigenvalue weighted by Gasteiger charge is -2.38. The molecule has 0 fully saturated rings. The van der Waals surface area contributed by atoms with Crippen molar-refractivity contribution in [2.45, 2.75) is 65.3 Å². The van der Waals surface area contributed by atoms with Crippen LogP contribution >= 0.6 is 0 Å². The van der Waals surface area contributed by atoms with Crippen molar-refractivity contribution in [2.75, 3.05) is 0 Å². The Hall–Kier alpha value is -0.863. The summed E-state index contributed by atoms with van der Waals surface area (Å²) in [5, 5.41) is 0.277.